The Labute approximate surface area is 96.7 Å². The highest BCUT2D eigenvalue weighted by Gasteiger charge is 2.26. The zero-order valence-corrected chi connectivity index (χ0v) is 10.1. The van der Waals surface area contributed by atoms with Gasteiger partial charge in [-0.3, -0.25) is 9.69 Å². The number of likely N-dealkylation sites (N-methyl/N-ethyl adjacent to an activating group) is 1. The lowest BCUT2D eigenvalue weighted by Crippen LogP contribution is -2.58. The smallest absolute Gasteiger partial charge is 0.236 e. The van der Waals surface area contributed by atoms with Crippen LogP contribution in [0.2, 0.25) is 0 Å². The van der Waals surface area contributed by atoms with E-state index in [1.807, 2.05) is 18.9 Å². The number of carbonyl (C=O) groups excluding carboxylic acids is 1. The fourth-order valence-electron chi connectivity index (χ4n) is 2.07. The van der Waals surface area contributed by atoms with Gasteiger partial charge in [0.25, 0.3) is 0 Å². The van der Waals surface area contributed by atoms with Gasteiger partial charge in [0.2, 0.25) is 5.91 Å². The first-order valence-corrected chi connectivity index (χ1v) is 5.97. The summed E-state index contributed by atoms with van der Waals surface area (Å²) < 4.78 is 5.43. The monoisotopic (exact) mass is 227 g/mol. The molecule has 2 fully saturated rings. The molecule has 16 heavy (non-hydrogen) atoms. The van der Waals surface area contributed by atoms with Crippen molar-refractivity contribution < 1.29 is 9.53 Å². The first-order chi connectivity index (χ1) is 7.66. The number of hydrogen-bond donors (Lipinski definition) is 1. The minimum Gasteiger partial charge on any atom is -0.375 e. The lowest BCUT2D eigenvalue weighted by Gasteiger charge is -2.37. The van der Waals surface area contributed by atoms with Crippen molar-refractivity contribution in [3.05, 3.63) is 0 Å². The molecule has 0 bridgehead atoms. The van der Waals surface area contributed by atoms with Gasteiger partial charge in [-0.2, -0.15) is 0 Å². The Balaban J connectivity index is 1.77. The Bertz CT molecular complexity index is 256. The Morgan fingerprint density at radius 2 is 2.31 bits per heavy atom. The maximum Gasteiger partial charge on any atom is 0.236 e. The summed E-state index contributed by atoms with van der Waals surface area (Å²) in [6.07, 6.45) is 0.174. The molecule has 2 aliphatic rings. The molecule has 1 N–H and O–H groups in total. The van der Waals surface area contributed by atoms with Crippen LogP contribution in [0.25, 0.3) is 0 Å². The Morgan fingerprint density at radius 1 is 1.56 bits per heavy atom. The number of nitrogens with zero attached hydrogens (tertiary/aromatic N) is 2. The molecular formula is C11H21N3O2. The molecule has 1 unspecified atom stereocenters. The van der Waals surface area contributed by atoms with Crippen molar-refractivity contribution in [2.24, 2.45) is 0 Å². The minimum atomic E-state index is 0.174. The highest BCUT2D eigenvalue weighted by atomic mass is 16.5. The van der Waals surface area contributed by atoms with Crippen LogP contribution in [0, 0.1) is 0 Å². The second-order valence-corrected chi connectivity index (χ2v) is 4.75. The van der Waals surface area contributed by atoms with Crippen molar-refractivity contribution in [3.8, 4) is 0 Å². The molecule has 0 aliphatic carbocycles. The van der Waals surface area contributed by atoms with Gasteiger partial charge in [0.05, 0.1) is 19.3 Å². The molecule has 2 rings (SSSR count). The van der Waals surface area contributed by atoms with Crippen LogP contribution in [0.15, 0.2) is 0 Å². The number of hydrogen-bond acceptors (Lipinski definition) is 4. The first-order valence-electron chi connectivity index (χ1n) is 5.97. The second kappa shape index (κ2) is 5.12. The van der Waals surface area contributed by atoms with E-state index < -0.39 is 0 Å². The molecule has 0 aromatic carbocycles. The summed E-state index contributed by atoms with van der Waals surface area (Å²) >= 11 is 0. The number of rotatable bonds is 3. The van der Waals surface area contributed by atoms with Crippen molar-refractivity contribution in [1.29, 1.82) is 0 Å². The van der Waals surface area contributed by atoms with Crippen molar-refractivity contribution in [3.63, 3.8) is 0 Å². The maximum atomic E-state index is 12.0. The lowest BCUT2D eigenvalue weighted by molar-refractivity contribution is -0.139. The van der Waals surface area contributed by atoms with E-state index in [0.29, 0.717) is 19.2 Å². The molecule has 0 radical (unpaired) electrons. The van der Waals surface area contributed by atoms with Crippen molar-refractivity contribution >= 4 is 5.91 Å². The standard InChI is InChI=1S/C11H21N3O2/c1-9-7-14(3-4-16-9)11(15)8-13(2)10-5-12-6-10/h9-10,12H,3-8H2,1-2H3. The predicted octanol–water partition coefficient (Wildman–Crippen LogP) is -0.863. The Hall–Kier alpha value is -0.650. The van der Waals surface area contributed by atoms with Gasteiger partial charge in [0, 0.05) is 32.2 Å². The molecule has 2 aliphatic heterocycles. The molecule has 2 heterocycles. The van der Waals surface area contributed by atoms with Crippen LogP contribution in [0.3, 0.4) is 0 Å². The fourth-order valence-corrected chi connectivity index (χ4v) is 2.07. The molecule has 0 aromatic rings. The molecular weight excluding hydrogens is 206 g/mol. The van der Waals surface area contributed by atoms with Crippen LogP contribution in [0.5, 0.6) is 0 Å². The molecule has 92 valence electrons. The van der Waals surface area contributed by atoms with Gasteiger partial charge in [-0.05, 0) is 14.0 Å². The van der Waals surface area contributed by atoms with Crippen LogP contribution < -0.4 is 5.32 Å². The van der Waals surface area contributed by atoms with E-state index in [-0.39, 0.29) is 12.0 Å². The highest BCUT2D eigenvalue weighted by Crippen LogP contribution is 2.07. The largest absolute Gasteiger partial charge is 0.375 e. The molecule has 0 saturated carbocycles. The summed E-state index contributed by atoms with van der Waals surface area (Å²) in [6, 6.07) is 0.530. The molecule has 0 spiro atoms. The minimum absolute atomic E-state index is 0.174. The molecule has 5 heteroatoms. The van der Waals surface area contributed by atoms with Crippen LogP contribution in [0.4, 0.5) is 0 Å². The maximum absolute atomic E-state index is 12.0. The van der Waals surface area contributed by atoms with Gasteiger partial charge >= 0.3 is 0 Å². The zero-order chi connectivity index (χ0) is 11.5. The average Bonchev–Trinajstić information content (AvgIpc) is 2.14. The summed E-state index contributed by atoms with van der Waals surface area (Å²) in [4.78, 5) is 16.1. The van der Waals surface area contributed by atoms with E-state index in [1.54, 1.807) is 0 Å². The quantitative estimate of drug-likeness (QED) is 0.681. The number of nitrogens with one attached hydrogen (secondary N) is 1. The van der Waals surface area contributed by atoms with E-state index >= 15 is 0 Å². The number of carbonyl (C=O) groups is 1. The van der Waals surface area contributed by atoms with Crippen LogP contribution >= 0.6 is 0 Å². The van der Waals surface area contributed by atoms with E-state index in [2.05, 4.69) is 10.2 Å². The van der Waals surface area contributed by atoms with Gasteiger partial charge < -0.3 is 15.0 Å². The molecule has 1 atom stereocenters. The Kier molecular flexibility index (Phi) is 3.78. The highest BCUT2D eigenvalue weighted by molar-refractivity contribution is 5.78. The SMILES string of the molecule is CC1CN(C(=O)CN(C)C2CNC2)CCO1. The van der Waals surface area contributed by atoms with Crippen LogP contribution in [0.1, 0.15) is 6.92 Å². The molecule has 2 saturated heterocycles. The summed E-state index contributed by atoms with van der Waals surface area (Å²) in [6.45, 7) is 6.68. The van der Waals surface area contributed by atoms with Crippen LogP contribution in [-0.4, -0.2) is 74.2 Å². The van der Waals surface area contributed by atoms with Gasteiger partial charge in [-0.25, -0.2) is 0 Å². The third kappa shape index (κ3) is 2.72. The van der Waals surface area contributed by atoms with E-state index in [4.69, 9.17) is 4.74 Å². The van der Waals surface area contributed by atoms with Crippen molar-refractivity contribution in [1.82, 2.24) is 15.1 Å². The van der Waals surface area contributed by atoms with Crippen molar-refractivity contribution in [2.45, 2.75) is 19.1 Å². The summed E-state index contributed by atoms with van der Waals surface area (Å²) in [5.74, 6) is 0.226. The molecule has 1 amide bonds. The predicted molar refractivity (Wildman–Crippen MR) is 61.3 cm³/mol. The number of morpholine rings is 1. The van der Waals surface area contributed by atoms with Crippen molar-refractivity contribution in [2.75, 3.05) is 46.4 Å². The van der Waals surface area contributed by atoms with Crippen LogP contribution in [-0.2, 0) is 9.53 Å². The first kappa shape index (κ1) is 11.8. The summed E-state index contributed by atoms with van der Waals surface area (Å²) in [7, 11) is 2.02. The topological polar surface area (TPSA) is 44.8 Å². The summed E-state index contributed by atoms with van der Waals surface area (Å²) in [5, 5.41) is 3.22. The normalized spacial score (nSPS) is 26.9. The third-order valence-electron chi connectivity index (χ3n) is 3.36. The molecule has 0 aromatic heterocycles. The number of ether oxygens (including phenoxy) is 1. The lowest BCUT2D eigenvalue weighted by atomic mass is 10.1. The fraction of sp³-hybridized carbons (Fsp3) is 0.909. The van der Waals surface area contributed by atoms with Gasteiger partial charge in [-0.15, -0.1) is 0 Å². The van der Waals surface area contributed by atoms with Gasteiger partial charge in [0.15, 0.2) is 0 Å². The zero-order valence-electron chi connectivity index (χ0n) is 10.1. The van der Waals surface area contributed by atoms with E-state index in [0.717, 1.165) is 26.2 Å². The third-order valence-corrected chi connectivity index (χ3v) is 3.36. The van der Waals surface area contributed by atoms with E-state index in [9.17, 15) is 4.79 Å². The van der Waals surface area contributed by atoms with Gasteiger partial charge in [0.1, 0.15) is 0 Å². The Morgan fingerprint density at radius 3 is 2.88 bits per heavy atom. The van der Waals surface area contributed by atoms with E-state index in [1.165, 1.54) is 0 Å². The summed E-state index contributed by atoms with van der Waals surface area (Å²) in [5.41, 5.74) is 0. The second-order valence-electron chi connectivity index (χ2n) is 4.75. The molecule has 5 nitrogen and oxygen atoms in total. The van der Waals surface area contributed by atoms with Gasteiger partial charge in [-0.1, -0.05) is 0 Å². The number of amides is 1. The average molecular weight is 227 g/mol.